The minimum atomic E-state index is -0.519. The zero-order chi connectivity index (χ0) is 17.1. The van der Waals surface area contributed by atoms with Crippen molar-refractivity contribution in [3.8, 4) is 11.5 Å². The molecule has 0 aliphatic carbocycles. The Balaban J connectivity index is 1.40. The van der Waals surface area contributed by atoms with E-state index in [2.05, 4.69) is 15.5 Å². The van der Waals surface area contributed by atoms with Crippen molar-refractivity contribution in [3.63, 3.8) is 0 Å². The molecule has 1 aromatic carbocycles. The number of benzene rings is 1. The van der Waals surface area contributed by atoms with E-state index in [-0.39, 0.29) is 24.4 Å². The van der Waals surface area contributed by atoms with E-state index in [1.807, 2.05) is 35.7 Å². The fourth-order valence-corrected chi connectivity index (χ4v) is 2.87. The van der Waals surface area contributed by atoms with Gasteiger partial charge >= 0.3 is 6.01 Å². The highest BCUT2D eigenvalue weighted by Gasteiger charge is 2.27. The van der Waals surface area contributed by atoms with Gasteiger partial charge in [-0.25, -0.2) is 0 Å². The van der Waals surface area contributed by atoms with Crippen LogP contribution in [0.2, 0.25) is 0 Å². The zero-order valence-electron chi connectivity index (χ0n) is 12.9. The first-order valence-electron chi connectivity index (χ1n) is 7.52. The summed E-state index contributed by atoms with van der Waals surface area (Å²) in [5.41, 5.74) is 0. The van der Waals surface area contributed by atoms with Crippen molar-refractivity contribution in [1.29, 1.82) is 0 Å². The lowest BCUT2D eigenvalue weighted by atomic mass is 10.2. The van der Waals surface area contributed by atoms with Gasteiger partial charge in [0.2, 0.25) is 6.10 Å². The molecule has 126 valence electrons. The summed E-state index contributed by atoms with van der Waals surface area (Å²) in [4.78, 5) is 12.9. The highest BCUT2D eigenvalue weighted by molar-refractivity contribution is 7.10. The molecule has 7 nitrogen and oxygen atoms in total. The molecule has 1 atom stereocenters. The molecule has 1 amide bonds. The summed E-state index contributed by atoms with van der Waals surface area (Å²) in [6, 6.07) is 11.2. The number of fused-ring (bicyclic) bond motifs is 1. The van der Waals surface area contributed by atoms with E-state index in [1.165, 1.54) is 17.4 Å². The molecule has 0 saturated carbocycles. The topological polar surface area (TPSA) is 86.5 Å². The maximum absolute atomic E-state index is 11.9. The van der Waals surface area contributed by atoms with Gasteiger partial charge in [-0.2, -0.15) is 0 Å². The van der Waals surface area contributed by atoms with E-state index in [9.17, 15) is 4.79 Å². The molecule has 0 radical (unpaired) electrons. The van der Waals surface area contributed by atoms with Crippen molar-refractivity contribution in [1.82, 2.24) is 10.2 Å². The largest absolute Gasteiger partial charge is 0.485 e. The molecule has 0 spiro atoms. The van der Waals surface area contributed by atoms with Gasteiger partial charge < -0.3 is 13.9 Å². The van der Waals surface area contributed by atoms with E-state index in [0.717, 1.165) is 4.88 Å². The maximum atomic E-state index is 11.9. The van der Waals surface area contributed by atoms with E-state index in [0.29, 0.717) is 11.5 Å². The number of nitrogens with zero attached hydrogens (tertiary/aromatic N) is 2. The number of aromatic nitrogens is 2. The van der Waals surface area contributed by atoms with Gasteiger partial charge in [-0.3, -0.25) is 10.1 Å². The van der Waals surface area contributed by atoms with Gasteiger partial charge in [0.05, 0.1) is 0 Å². The maximum Gasteiger partial charge on any atom is 0.322 e. The third-order valence-corrected chi connectivity index (χ3v) is 4.23. The minimum absolute atomic E-state index is 0.0123. The van der Waals surface area contributed by atoms with Crippen LogP contribution in [0.4, 0.5) is 6.01 Å². The lowest BCUT2D eigenvalue weighted by Crippen LogP contribution is -2.21. The highest BCUT2D eigenvalue weighted by Crippen LogP contribution is 2.35. The monoisotopic (exact) mass is 355 g/mol. The summed E-state index contributed by atoms with van der Waals surface area (Å²) in [5, 5.41) is 12.2. The molecule has 1 N–H and O–H groups in total. The van der Waals surface area contributed by atoms with Crippen LogP contribution in [0.5, 0.6) is 11.5 Å². The number of carbonyl (C=O) groups excluding carboxylic acids is 1. The third-order valence-electron chi connectivity index (χ3n) is 3.40. The summed E-state index contributed by atoms with van der Waals surface area (Å²) < 4.78 is 16.9. The number of hydrogen-bond acceptors (Lipinski definition) is 7. The Morgan fingerprint density at radius 3 is 2.92 bits per heavy atom. The predicted molar refractivity (Wildman–Crippen MR) is 91.6 cm³/mol. The van der Waals surface area contributed by atoms with Crippen LogP contribution in [-0.2, 0) is 4.79 Å². The van der Waals surface area contributed by atoms with Crippen molar-refractivity contribution >= 4 is 29.3 Å². The number of ether oxygens (including phenoxy) is 2. The minimum Gasteiger partial charge on any atom is -0.485 e. The van der Waals surface area contributed by atoms with Crippen molar-refractivity contribution < 1.29 is 18.7 Å². The van der Waals surface area contributed by atoms with Gasteiger partial charge in [0.15, 0.2) is 11.5 Å². The van der Waals surface area contributed by atoms with Crippen LogP contribution in [0.15, 0.2) is 52.3 Å². The van der Waals surface area contributed by atoms with Crippen LogP contribution in [0, 0.1) is 0 Å². The number of thiophene rings is 1. The van der Waals surface area contributed by atoms with Crippen LogP contribution in [0.3, 0.4) is 0 Å². The Kier molecular flexibility index (Phi) is 4.17. The summed E-state index contributed by atoms with van der Waals surface area (Å²) >= 11 is 1.54. The number of amides is 1. The molecular formula is C17H13N3O4S. The molecule has 2 aromatic heterocycles. The molecule has 0 bridgehead atoms. The van der Waals surface area contributed by atoms with Gasteiger partial charge in [0.25, 0.3) is 11.8 Å². The highest BCUT2D eigenvalue weighted by atomic mass is 32.1. The lowest BCUT2D eigenvalue weighted by Gasteiger charge is -2.23. The molecule has 3 aromatic rings. The van der Waals surface area contributed by atoms with Crippen LogP contribution in [0.25, 0.3) is 6.08 Å². The van der Waals surface area contributed by atoms with Gasteiger partial charge in [-0.05, 0) is 29.7 Å². The van der Waals surface area contributed by atoms with Crippen LogP contribution >= 0.6 is 11.3 Å². The smallest absolute Gasteiger partial charge is 0.322 e. The van der Waals surface area contributed by atoms with Crippen LogP contribution in [-0.4, -0.2) is 22.7 Å². The van der Waals surface area contributed by atoms with Crippen molar-refractivity contribution in [2.24, 2.45) is 0 Å². The molecular weight excluding hydrogens is 342 g/mol. The molecule has 3 heterocycles. The first-order valence-corrected chi connectivity index (χ1v) is 8.40. The summed E-state index contributed by atoms with van der Waals surface area (Å²) in [7, 11) is 0. The molecule has 1 aliphatic heterocycles. The van der Waals surface area contributed by atoms with Crippen molar-refractivity contribution in [3.05, 3.63) is 58.6 Å². The van der Waals surface area contributed by atoms with Gasteiger partial charge in [0.1, 0.15) is 6.61 Å². The lowest BCUT2D eigenvalue weighted by molar-refractivity contribution is -0.112. The Hall–Kier alpha value is -3.13. The first-order chi connectivity index (χ1) is 12.3. The molecule has 1 unspecified atom stereocenters. The van der Waals surface area contributed by atoms with E-state index in [4.69, 9.17) is 13.9 Å². The zero-order valence-corrected chi connectivity index (χ0v) is 13.7. The SMILES string of the molecule is O=C(C=Cc1cccs1)Nc1nnc(C2COc3ccccc3O2)o1. The normalized spacial score (nSPS) is 16.1. The number of nitrogens with one attached hydrogen (secondary N) is 1. The summed E-state index contributed by atoms with van der Waals surface area (Å²) in [5.74, 6) is 1.17. The number of hydrogen-bond donors (Lipinski definition) is 1. The Bertz CT molecular complexity index is 904. The van der Waals surface area contributed by atoms with Crippen molar-refractivity contribution in [2.75, 3.05) is 11.9 Å². The number of anilines is 1. The number of para-hydroxylation sites is 2. The average molecular weight is 355 g/mol. The fraction of sp³-hybridized carbons (Fsp3) is 0.118. The summed E-state index contributed by atoms with van der Waals surface area (Å²) in [6.45, 7) is 0.255. The van der Waals surface area contributed by atoms with Crippen LogP contribution < -0.4 is 14.8 Å². The fourth-order valence-electron chi connectivity index (χ4n) is 2.25. The molecule has 4 rings (SSSR count). The number of rotatable bonds is 4. The molecule has 0 fully saturated rings. The molecule has 8 heteroatoms. The van der Waals surface area contributed by atoms with Crippen LogP contribution in [0.1, 0.15) is 16.9 Å². The van der Waals surface area contributed by atoms with E-state index >= 15 is 0 Å². The van der Waals surface area contributed by atoms with Crippen molar-refractivity contribution in [2.45, 2.75) is 6.10 Å². The molecule has 1 aliphatic rings. The average Bonchev–Trinajstić information content (AvgIpc) is 3.31. The van der Waals surface area contributed by atoms with E-state index in [1.54, 1.807) is 12.1 Å². The van der Waals surface area contributed by atoms with Gasteiger partial charge in [-0.15, -0.1) is 16.4 Å². The first kappa shape index (κ1) is 15.4. The van der Waals surface area contributed by atoms with Gasteiger partial charge in [-0.1, -0.05) is 23.3 Å². The Labute approximate surface area is 146 Å². The molecule has 25 heavy (non-hydrogen) atoms. The third kappa shape index (κ3) is 3.53. The van der Waals surface area contributed by atoms with Gasteiger partial charge in [0, 0.05) is 11.0 Å². The standard InChI is InChI=1S/C17H13N3O4S/c21-15(8-7-11-4-3-9-25-11)18-17-20-19-16(24-17)14-10-22-12-5-1-2-6-13(12)23-14/h1-9,14H,10H2,(H,18,20,21). The quantitative estimate of drug-likeness (QED) is 0.723. The second kappa shape index (κ2) is 6.78. The van der Waals surface area contributed by atoms with E-state index < -0.39 is 6.10 Å². The Morgan fingerprint density at radius 1 is 1.20 bits per heavy atom. The second-order valence-electron chi connectivity index (χ2n) is 5.15. The number of carbonyl (C=O) groups is 1. The molecule has 0 saturated heterocycles. The summed E-state index contributed by atoms with van der Waals surface area (Å²) in [6.07, 6.45) is 2.60. The predicted octanol–water partition coefficient (Wildman–Crippen LogP) is 3.30. The Morgan fingerprint density at radius 2 is 2.08 bits per heavy atom. The second-order valence-corrected chi connectivity index (χ2v) is 6.13.